The summed E-state index contributed by atoms with van der Waals surface area (Å²) in [6.45, 7) is 6.63. The second kappa shape index (κ2) is 9.08. The molecule has 1 heterocycles. The summed E-state index contributed by atoms with van der Waals surface area (Å²) in [5.41, 5.74) is 1.16. The molecule has 2 aliphatic rings. The quantitative estimate of drug-likeness (QED) is 0.692. The van der Waals surface area contributed by atoms with E-state index in [0.29, 0.717) is 10.6 Å². The van der Waals surface area contributed by atoms with Crippen LogP contribution in [0.25, 0.3) is 0 Å². The molecular formula is C24H32N2O3S. The Morgan fingerprint density at radius 2 is 1.60 bits per heavy atom. The maximum atomic E-state index is 13.0. The predicted octanol–water partition coefficient (Wildman–Crippen LogP) is 4.15. The number of ether oxygens (including phenoxy) is 1. The van der Waals surface area contributed by atoms with Gasteiger partial charge >= 0.3 is 0 Å². The number of hydrogen-bond donors (Lipinski definition) is 0. The molecule has 1 aliphatic heterocycles. The highest BCUT2D eigenvalue weighted by Crippen LogP contribution is 2.29. The minimum absolute atomic E-state index is 0.255. The van der Waals surface area contributed by atoms with E-state index in [0.717, 1.165) is 37.8 Å². The smallest absolute Gasteiger partial charge is 0.206 e. The van der Waals surface area contributed by atoms with Gasteiger partial charge in [0, 0.05) is 38.3 Å². The van der Waals surface area contributed by atoms with E-state index in [-0.39, 0.29) is 10.9 Å². The van der Waals surface area contributed by atoms with Crippen molar-refractivity contribution in [3.63, 3.8) is 0 Å². The van der Waals surface area contributed by atoms with Gasteiger partial charge in [-0.3, -0.25) is 9.80 Å². The standard InChI is InChI=1S/C24H32N2O3S/c1-19(25-14-16-26(17-15-25)21-6-3-4-7-21)20-10-12-23(13-11-20)30(27,28)24-9-5-8-22(18-24)29-2/h5,8-13,18-19,21H,3-4,6-7,14-17H2,1-2H3/t19-/m0/s1. The molecule has 4 rings (SSSR count). The summed E-state index contributed by atoms with van der Waals surface area (Å²) < 4.78 is 31.1. The van der Waals surface area contributed by atoms with Crippen molar-refractivity contribution in [2.45, 2.75) is 54.5 Å². The van der Waals surface area contributed by atoms with Crippen LogP contribution in [0.15, 0.2) is 58.3 Å². The molecule has 2 aromatic rings. The van der Waals surface area contributed by atoms with Crippen molar-refractivity contribution in [1.29, 1.82) is 0 Å². The minimum Gasteiger partial charge on any atom is -0.497 e. The fraction of sp³-hybridized carbons (Fsp3) is 0.500. The average molecular weight is 429 g/mol. The number of sulfone groups is 1. The van der Waals surface area contributed by atoms with E-state index in [4.69, 9.17) is 4.74 Å². The average Bonchev–Trinajstić information content (AvgIpc) is 3.34. The first kappa shape index (κ1) is 21.3. The topological polar surface area (TPSA) is 49.9 Å². The van der Waals surface area contributed by atoms with Crippen molar-refractivity contribution in [1.82, 2.24) is 9.80 Å². The maximum absolute atomic E-state index is 13.0. The van der Waals surface area contributed by atoms with E-state index in [1.807, 2.05) is 12.1 Å². The minimum atomic E-state index is -3.56. The van der Waals surface area contributed by atoms with E-state index in [9.17, 15) is 8.42 Å². The summed E-state index contributed by atoms with van der Waals surface area (Å²) in [6.07, 6.45) is 5.48. The molecule has 0 aromatic heterocycles. The number of methoxy groups -OCH3 is 1. The van der Waals surface area contributed by atoms with Crippen molar-refractivity contribution in [3.8, 4) is 5.75 Å². The third kappa shape index (κ3) is 4.41. The summed E-state index contributed by atoms with van der Waals surface area (Å²) in [7, 11) is -2.02. The Kier molecular flexibility index (Phi) is 6.46. The molecule has 0 bridgehead atoms. The molecule has 0 N–H and O–H groups in total. The zero-order chi connectivity index (χ0) is 21.1. The second-order valence-electron chi connectivity index (χ2n) is 8.44. The molecular weight excluding hydrogens is 396 g/mol. The van der Waals surface area contributed by atoms with Gasteiger partial charge in [0.15, 0.2) is 0 Å². The van der Waals surface area contributed by atoms with E-state index in [2.05, 4.69) is 16.7 Å². The fourth-order valence-electron chi connectivity index (χ4n) is 4.80. The summed E-state index contributed by atoms with van der Waals surface area (Å²) in [6, 6.07) is 15.1. The van der Waals surface area contributed by atoms with Gasteiger partial charge in [-0.05, 0) is 55.7 Å². The van der Waals surface area contributed by atoms with Crippen LogP contribution in [-0.4, -0.2) is 57.5 Å². The molecule has 0 radical (unpaired) electrons. The lowest BCUT2D eigenvalue weighted by Gasteiger charge is -2.40. The number of benzene rings is 2. The highest BCUT2D eigenvalue weighted by molar-refractivity contribution is 7.91. The van der Waals surface area contributed by atoms with Gasteiger partial charge < -0.3 is 4.74 Å². The monoisotopic (exact) mass is 428 g/mol. The molecule has 162 valence electrons. The molecule has 1 atom stereocenters. The Balaban J connectivity index is 1.43. The highest BCUT2D eigenvalue weighted by Gasteiger charge is 2.28. The summed E-state index contributed by atoms with van der Waals surface area (Å²) in [4.78, 5) is 5.75. The molecule has 1 saturated carbocycles. The summed E-state index contributed by atoms with van der Waals surface area (Å²) in [5, 5.41) is 0. The van der Waals surface area contributed by atoms with E-state index in [1.165, 1.54) is 32.8 Å². The van der Waals surface area contributed by atoms with Crippen molar-refractivity contribution < 1.29 is 13.2 Å². The van der Waals surface area contributed by atoms with Crippen molar-refractivity contribution in [2.75, 3.05) is 33.3 Å². The summed E-state index contributed by atoms with van der Waals surface area (Å²) in [5.74, 6) is 0.540. The molecule has 6 heteroatoms. The molecule has 2 fully saturated rings. The van der Waals surface area contributed by atoms with Crippen LogP contribution in [0.5, 0.6) is 5.75 Å². The van der Waals surface area contributed by atoms with Crippen LogP contribution in [0.3, 0.4) is 0 Å². The lowest BCUT2D eigenvalue weighted by molar-refractivity contribution is 0.0750. The molecule has 30 heavy (non-hydrogen) atoms. The molecule has 1 saturated heterocycles. The first-order valence-electron chi connectivity index (χ1n) is 11.0. The lowest BCUT2D eigenvalue weighted by atomic mass is 10.1. The van der Waals surface area contributed by atoms with Crippen LogP contribution in [0.1, 0.15) is 44.2 Å². The number of rotatable bonds is 6. The van der Waals surface area contributed by atoms with E-state index in [1.54, 1.807) is 36.4 Å². The van der Waals surface area contributed by atoms with E-state index < -0.39 is 9.84 Å². The van der Waals surface area contributed by atoms with Crippen molar-refractivity contribution >= 4 is 9.84 Å². The molecule has 0 unspecified atom stereocenters. The predicted molar refractivity (Wildman–Crippen MR) is 119 cm³/mol. The first-order chi connectivity index (χ1) is 14.5. The van der Waals surface area contributed by atoms with Gasteiger partial charge in [0.25, 0.3) is 0 Å². The zero-order valence-corrected chi connectivity index (χ0v) is 18.8. The maximum Gasteiger partial charge on any atom is 0.206 e. The number of nitrogens with zero attached hydrogens (tertiary/aromatic N) is 2. The van der Waals surface area contributed by atoms with E-state index >= 15 is 0 Å². The van der Waals surface area contributed by atoms with Gasteiger partial charge in [-0.15, -0.1) is 0 Å². The Bertz CT molecular complexity index is 945. The number of hydrogen-bond acceptors (Lipinski definition) is 5. The van der Waals surface area contributed by atoms with Gasteiger partial charge in [0.2, 0.25) is 9.84 Å². The Morgan fingerprint density at radius 1 is 0.933 bits per heavy atom. The van der Waals surface area contributed by atoms with Crippen LogP contribution in [0.2, 0.25) is 0 Å². The van der Waals surface area contributed by atoms with Gasteiger partial charge in [0.05, 0.1) is 16.9 Å². The number of piperazine rings is 1. The molecule has 2 aromatic carbocycles. The van der Waals surface area contributed by atoms with Crippen LogP contribution >= 0.6 is 0 Å². The summed E-state index contributed by atoms with van der Waals surface area (Å²) >= 11 is 0. The van der Waals surface area contributed by atoms with Gasteiger partial charge in [0.1, 0.15) is 5.75 Å². The van der Waals surface area contributed by atoms with Crippen LogP contribution in [0, 0.1) is 0 Å². The normalized spacial score (nSPS) is 20.3. The largest absolute Gasteiger partial charge is 0.497 e. The van der Waals surface area contributed by atoms with Crippen molar-refractivity contribution in [3.05, 3.63) is 54.1 Å². The van der Waals surface area contributed by atoms with Crippen molar-refractivity contribution in [2.24, 2.45) is 0 Å². The Morgan fingerprint density at radius 3 is 2.23 bits per heavy atom. The van der Waals surface area contributed by atoms with Crippen LogP contribution in [-0.2, 0) is 9.84 Å². The van der Waals surface area contributed by atoms with Gasteiger partial charge in [-0.25, -0.2) is 8.42 Å². The van der Waals surface area contributed by atoms with Gasteiger partial charge in [-0.1, -0.05) is 31.0 Å². The Labute approximate surface area is 180 Å². The molecule has 0 spiro atoms. The lowest BCUT2D eigenvalue weighted by Crippen LogP contribution is -2.50. The third-order valence-electron chi connectivity index (χ3n) is 6.76. The second-order valence-corrected chi connectivity index (χ2v) is 10.4. The zero-order valence-electron chi connectivity index (χ0n) is 18.0. The van der Waals surface area contributed by atoms with Gasteiger partial charge in [-0.2, -0.15) is 0 Å². The molecule has 0 amide bonds. The molecule has 1 aliphatic carbocycles. The van der Waals surface area contributed by atoms with Crippen LogP contribution in [0.4, 0.5) is 0 Å². The third-order valence-corrected chi connectivity index (χ3v) is 8.53. The fourth-order valence-corrected chi connectivity index (χ4v) is 6.10. The highest BCUT2D eigenvalue weighted by atomic mass is 32.2. The van der Waals surface area contributed by atoms with Crippen LogP contribution < -0.4 is 4.74 Å². The first-order valence-corrected chi connectivity index (χ1v) is 12.4. The SMILES string of the molecule is COc1cccc(S(=O)(=O)c2ccc([C@H](C)N3CCN(C4CCCC4)CC3)cc2)c1. The molecule has 5 nitrogen and oxygen atoms in total. The Hall–Kier alpha value is -1.89.